The normalized spacial score (nSPS) is 17.2. The molecule has 2 amide bonds. The molecular weight excluding hydrogens is 370 g/mol. The minimum atomic E-state index is -0.715. The quantitative estimate of drug-likeness (QED) is 0.520. The fourth-order valence-electron chi connectivity index (χ4n) is 3.45. The monoisotopic (exact) mass is 397 g/mol. The topological polar surface area (TPSA) is 102 Å². The molecule has 0 aromatic heterocycles. The number of benzene rings is 2. The third kappa shape index (κ3) is 5.63. The molecule has 1 aliphatic heterocycles. The second-order valence-corrected chi connectivity index (χ2v) is 7.17. The van der Waals surface area contributed by atoms with E-state index in [2.05, 4.69) is 34.9 Å². The van der Waals surface area contributed by atoms with E-state index in [1.165, 1.54) is 0 Å². The number of hydrogen-bond acceptors (Lipinski definition) is 5. The molecule has 1 aliphatic rings. The largest absolute Gasteiger partial charge is 0.394 e. The first-order valence-corrected chi connectivity index (χ1v) is 9.78. The van der Waals surface area contributed by atoms with Gasteiger partial charge in [-0.25, -0.2) is 0 Å². The van der Waals surface area contributed by atoms with E-state index in [0.717, 1.165) is 16.7 Å². The van der Waals surface area contributed by atoms with Crippen LogP contribution in [0.15, 0.2) is 54.6 Å². The summed E-state index contributed by atoms with van der Waals surface area (Å²) < 4.78 is 0. The predicted molar refractivity (Wildman–Crippen MR) is 110 cm³/mol. The van der Waals surface area contributed by atoms with Gasteiger partial charge in [0.1, 0.15) is 0 Å². The average Bonchev–Trinajstić information content (AvgIpc) is 2.75. The third-order valence-corrected chi connectivity index (χ3v) is 5.07. The van der Waals surface area contributed by atoms with Crippen molar-refractivity contribution >= 4 is 11.8 Å². The Morgan fingerprint density at radius 2 is 1.72 bits per heavy atom. The van der Waals surface area contributed by atoms with Crippen LogP contribution in [0.5, 0.6) is 0 Å². The highest BCUT2D eigenvalue weighted by Crippen LogP contribution is 2.21. The number of carbonyl (C=O) groups is 2. The highest BCUT2D eigenvalue weighted by molar-refractivity contribution is 5.88. The fourth-order valence-corrected chi connectivity index (χ4v) is 3.45. The van der Waals surface area contributed by atoms with Gasteiger partial charge in [-0.3, -0.25) is 14.5 Å². The van der Waals surface area contributed by atoms with Crippen molar-refractivity contribution < 1.29 is 19.8 Å². The first kappa shape index (κ1) is 21.0. The van der Waals surface area contributed by atoms with Crippen LogP contribution in [-0.4, -0.2) is 65.3 Å². The van der Waals surface area contributed by atoms with Crippen LogP contribution in [0.1, 0.15) is 12.0 Å². The Bertz CT molecular complexity index is 807. The average molecular weight is 397 g/mol. The van der Waals surface area contributed by atoms with E-state index >= 15 is 0 Å². The van der Waals surface area contributed by atoms with E-state index in [9.17, 15) is 9.59 Å². The summed E-state index contributed by atoms with van der Waals surface area (Å²) in [5.41, 5.74) is 3.34. The molecule has 1 heterocycles. The molecule has 154 valence electrons. The molecule has 0 radical (unpaired) electrons. The predicted octanol–water partition coefficient (Wildman–Crippen LogP) is 0.513. The van der Waals surface area contributed by atoms with Gasteiger partial charge in [0.25, 0.3) is 0 Å². The smallest absolute Gasteiger partial charge is 0.237 e. The number of nitrogens with one attached hydrogen (secondary N) is 2. The molecule has 29 heavy (non-hydrogen) atoms. The van der Waals surface area contributed by atoms with Crippen LogP contribution in [0.2, 0.25) is 0 Å². The third-order valence-electron chi connectivity index (χ3n) is 5.07. The first-order valence-electron chi connectivity index (χ1n) is 9.78. The SMILES string of the molecule is O=C(CC1C(=O)NCCN1Cc1ccc(-c2ccccc2)cc1)NC(CO)CO. The maximum atomic E-state index is 12.4. The van der Waals surface area contributed by atoms with Crippen molar-refractivity contribution in [3.63, 3.8) is 0 Å². The lowest BCUT2D eigenvalue weighted by Crippen LogP contribution is -2.56. The second-order valence-electron chi connectivity index (χ2n) is 7.17. The lowest BCUT2D eigenvalue weighted by molar-refractivity contribution is -0.134. The molecule has 2 aromatic rings. The van der Waals surface area contributed by atoms with Crippen LogP contribution in [0.4, 0.5) is 0 Å². The number of nitrogens with zero attached hydrogens (tertiary/aromatic N) is 1. The molecule has 3 rings (SSSR count). The van der Waals surface area contributed by atoms with E-state index in [4.69, 9.17) is 10.2 Å². The number of carbonyl (C=O) groups excluding carboxylic acids is 2. The Morgan fingerprint density at radius 1 is 1.07 bits per heavy atom. The molecule has 7 heteroatoms. The number of piperazine rings is 1. The van der Waals surface area contributed by atoms with E-state index in [0.29, 0.717) is 19.6 Å². The summed E-state index contributed by atoms with van der Waals surface area (Å²) in [6.45, 7) is 1.04. The molecule has 2 aromatic carbocycles. The van der Waals surface area contributed by atoms with Crippen LogP contribution in [0.25, 0.3) is 11.1 Å². The highest BCUT2D eigenvalue weighted by Gasteiger charge is 2.32. The lowest BCUT2D eigenvalue weighted by atomic mass is 10.0. The number of hydrogen-bond donors (Lipinski definition) is 4. The Balaban J connectivity index is 1.66. The Kier molecular flexibility index (Phi) is 7.35. The minimum Gasteiger partial charge on any atom is -0.394 e. The van der Waals surface area contributed by atoms with E-state index in [1.807, 2.05) is 35.2 Å². The maximum Gasteiger partial charge on any atom is 0.237 e. The van der Waals surface area contributed by atoms with E-state index in [1.54, 1.807) is 0 Å². The number of aliphatic hydroxyl groups is 2. The summed E-state index contributed by atoms with van der Waals surface area (Å²) in [7, 11) is 0. The lowest BCUT2D eigenvalue weighted by Gasteiger charge is -2.35. The molecule has 1 saturated heterocycles. The number of aliphatic hydroxyl groups excluding tert-OH is 2. The van der Waals surface area contributed by atoms with Crippen molar-refractivity contribution in [1.82, 2.24) is 15.5 Å². The van der Waals surface area contributed by atoms with Gasteiger partial charge in [-0.15, -0.1) is 0 Å². The highest BCUT2D eigenvalue weighted by atomic mass is 16.3. The summed E-state index contributed by atoms with van der Waals surface area (Å²) in [4.78, 5) is 26.6. The number of amides is 2. The Labute approximate surface area is 170 Å². The van der Waals surface area contributed by atoms with Crippen molar-refractivity contribution in [3.8, 4) is 11.1 Å². The summed E-state index contributed by atoms with van der Waals surface area (Å²) in [6.07, 6.45) is -0.0234. The summed E-state index contributed by atoms with van der Waals surface area (Å²) in [5, 5.41) is 23.6. The zero-order valence-electron chi connectivity index (χ0n) is 16.3. The minimum absolute atomic E-state index is 0.0234. The van der Waals surface area contributed by atoms with Gasteiger partial charge in [0.05, 0.1) is 31.7 Å². The molecule has 7 nitrogen and oxygen atoms in total. The van der Waals surface area contributed by atoms with Crippen LogP contribution >= 0.6 is 0 Å². The van der Waals surface area contributed by atoms with Crippen molar-refractivity contribution in [1.29, 1.82) is 0 Å². The van der Waals surface area contributed by atoms with Gasteiger partial charge < -0.3 is 20.8 Å². The van der Waals surface area contributed by atoms with Gasteiger partial charge in [-0.05, 0) is 16.7 Å². The molecule has 0 bridgehead atoms. The summed E-state index contributed by atoms with van der Waals surface area (Å²) in [6, 6.07) is 17.0. The molecule has 0 saturated carbocycles. The van der Waals surface area contributed by atoms with Gasteiger partial charge in [-0.2, -0.15) is 0 Å². The Morgan fingerprint density at radius 3 is 2.38 bits per heavy atom. The first-order chi connectivity index (χ1) is 14.1. The number of rotatable bonds is 8. The van der Waals surface area contributed by atoms with Crippen LogP contribution in [0.3, 0.4) is 0 Å². The van der Waals surface area contributed by atoms with Crippen molar-refractivity contribution in [2.75, 3.05) is 26.3 Å². The molecule has 0 aliphatic carbocycles. The van der Waals surface area contributed by atoms with Gasteiger partial charge in [0.2, 0.25) is 11.8 Å². The standard InChI is InChI=1S/C22H27N3O4/c26-14-19(15-27)24-21(28)12-20-22(29)23-10-11-25(20)13-16-6-8-18(9-7-16)17-4-2-1-3-5-17/h1-9,19-20,26-27H,10-15H2,(H,23,29)(H,24,28). The molecule has 1 unspecified atom stereocenters. The van der Waals surface area contributed by atoms with Crippen molar-refractivity contribution in [3.05, 3.63) is 60.2 Å². The summed E-state index contributed by atoms with van der Waals surface area (Å²) in [5.74, 6) is -0.554. The molecule has 0 spiro atoms. The fraction of sp³-hybridized carbons (Fsp3) is 0.364. The zero-order chi connectivity index (χ0) is 20.6. The van der Waals surface area contributed by atoms with Crippen LogP contribution in [-0.2, 0) is 16.1 Å². The molecular formula is C22H27N3O4. The van der Waals surface area contributed by atoms with Gasteiger partial charge in [-0.1, -0.05) is 54.6 Å². The van der Waals surface area contributed by atoms with Gasteiger partial charge >= 0.3 is 0 Å². The van der Waals surface area contributed by atoms with E-state index in [-0.39, 0.29) is 31.4 Å². The van der Waals surface area contributed by atoms with Crippen molar-refractivity contribution in [2.45, 2.75) is 25.0 Å². The van der Waals surface area contributed by atoms with Crippen molar-refractivity contribution in [2.24, 2.45) is 0 Å². The zero-order valence-corrected chi connectivity index (χ0v) is 16.3. The maximum absolute atomic E-state index is 12.4. The second kappa shape index (κ2) is 10.2. The van der Waals surface area contributed by atoms with Crippen LogP contribution in [0, 0.1) is 0 Å². The molecule has 4 N–H and O–H groups in total. The Hall–Kier alpha value is -2.74. The summed E-state index contributed by atoms with van der Waals surface area (Å²) >= 11 is 0. The van der Waals surface area contributed by atoms with Gasteiger partial charge in [0.15, 0.2) is 0 Å². The van der Waals surface area contributed by atoms with Crippen LogP contribution < -0.4 is 10.6 Å². The molecule has 1 atom stereocenters. The van der Waals surface area contributed by atoms with Gasteiger partial charge in [0, 0.05) is 19.6 Å². The molecule has 1 fully saturated rings. The van der Waals surface area contributed by atoms with E-state index < -0.39 is 12.1 Å².